The van der Waals surface area contributed by atoms with Gasteiger partial charge in [0.2, 0.25) is 0 Å². The molecule has 1 amide bonds. The minimum absolute atomic E-state index is 0.00278. The van der Waals surface area contributed by atoms with Crippen LogP contribution < -0.4 is 9.04 Å². The van der Waals surface area contributed by atoms with Crippen LogP contribution in [0.4, 0.5) is 5.69 Å². The van der Waals surface area contributed by atoms with Crippen LogP contribution in [-0.2, 0) is 19.6 Å². The molecule has 162 valence electrons. The predicted octanol–water partition coefficient (Wildman–Crippen LogP) is 2.83. The van der Waals surface area contributed by atoms with Crippen molar-refractivity contribution < 1.29 is 22.7 Å². The van der Waals surface area contributed by atoms with E-state index >= 15 is 0 Å². The Kier molecular flexibility index (Phi) is 6.67. The first-order valence-corrected chi connectivity index (χ1v) is 11.3. The summed E-state index contributed by atoms with van der Waals surface area (Å²) in [7, 11) is -2.14. The Labute approximate surface area is 178 Å². The van der Waals surface area contributed by atoms with Gasteiger partial charge in [-0.2, -0.15) is 0 Å². The summed E-state index contributed by atoms with van der Waals surface area (Å²) in [6, 6.07) is 13.4. The van der Waals surface area contributed by atoms with Gasteiger partial charge in [-0.3, -0.25) is 9.10 Å². The zero-order valence-corrected chi connectivity index (χ0v) is 18.6. The van der Waals surface area contributed by atoms with E-state index in [1.54, 1.807) is 53.4 Å². The molecule has 1 aliphatic heterocycles. The Hall–Kier alpha value is -2.58. The Morgan fingerprint density at radius 1 is 1.07 bits per heavy atom. The van der Waals surface area contributed by atoms with Gasteiger partial charge in [0.1, 0.15) is 5.75 Å². The Morgan fingerprint density at radius 2 is 1.63 bits per heavy atom. The smallest absolute Gasteiger partial charge is 0.264 e. The van der Waals surface area contributed by atoms with Gasteiger partial charge in [-0.1, -0.05) is 17.7 Å². The lowest BCUT2D eigenvalue weighted by atomic mass is 10.2. The van der Waals surface area contributed by atoms with Crippen molar-refractivity contribution in [2.45, 2.75) is 37.9 Å². The highest BCUT2D eigenvalue weighted by Crippen LogP contribution is 2.24. The molecule has 30 heavy (non-hydrogen) atoms. The molecule has 8 heteroatoms. The molecule has 3 rings (SSSR count). The molecular formula is C22H28N2O5S. The van der Waals surface area contributed by atoms with Crippen molar-refractivity contribution in [1.29, 1.82) is 0 Å². The van der Waals surface area contributed by atoms with Gasteiger partial charge in [-0.15, -0.1) is 0 Å². The molecule has 0 N–H and O–H groups in total. The summed E-state index contributed by atoms with van der Waals surface area (Å²) in [5.41, 5.74) is 1.50. The second-order valence-electron chi connectivity index (χ2n) is 7.62. The largest absolute Gasteiger partial charge is 0.484 e. The van der Waals surface area contributed by atoms with Gasteiger partial charge >= 0.3 is 0 Å². The summed E-state index contributed by atoms with van der Waals surface area (Å²) in [4.78, 5) is 14.4. The number of nitrogens with zero attached hydrogens (tertiary/aromatic N) is 2. The number of ether oxygens (including phenoxy) is 2. The van der Waals surface area contributed by atoms with E-state index in [9.17, 15) is 13.2 Å². The predicted molar refractivity (Wildman–Crippen MR) is 115 cm³/mol. The van der Waals surface area contributed by atoms with Gasteiger partial charge in [0.15, 0.2) is 6.61 Å². The van der Waals surface area contributed by atoms with Crippen LogP contribution in [0.3, 0.4) is 0 Å². The highest BCUT2D eigenvalue weighted by Gasteiger charge is 2.26. The highest BCUT2D eigenvalue weighted by atomic mass is 32.2. The van der Waals surface area contributed by atoms with Gasteiger partial charge in [-0.25, -0.2) is 8.42 Å². The first kappa shape index (κ1) is 22.1. The minimum Gasteiger partial charge on any atom is -0.484 e. The molecule has 0 aromatic heterocycles. The van der Waals surface area contributed by atoms with E-state index < -0.39 is 10.0 Å². The number of benzene rings is 2. The average molecular weight is 433 g/mol. The number of morpholine rings is 1. The molecule has 1 fully saturated rings. The van der Waals surface area contributed by atoms with Gasteiger partial charge < -0.3 is 14.4 Å². The topological polar surface area (TPSA) is 76.2 Å². The average Bonchev–Trinajstić information content (AvgIpc) is 2.71. The number of hydrogen-bond acceptors (Lipinski definition) is 5. The number of anilines is 1. The molecule has 2 aromatic carbocycles. The van der Waals surface area contributed by atoms with E-state index in [1.165, 1.54) is 11.4 Å². The second-order valence-corrected chi connectivity index (χ2v) is 9.59. The maximum atomic E-state index is 12.8. The lowest BCUT2D eigenvalue weighted by molar-refractivity contribution is -0.145. The molecule has 1 saturated heterocycles. The molecule has 2 unspecified atom stereocenters. The Morgan fingerprint density at radius 3 is 2.20 bits per heavy atom. The van der Waals surface area contributed by atoms with Crippen molar-refractivity contribution in [2.75, 3.05) is 31.0 Å². The molecule has 0 spiro atoms. The summed E-state index contributed by atoms with van der Waals surface area (Å²) in [6.45, 7) is 6.81. The zero-order chi connectivity index (χ0) is 21.9. The lowest BCUT2D eigenvalue weighted by Crippen LogP contribution is -2.49. The van der Waals surface area contributed by atoms with E-state index in [2.05, 4.69) is 0 Å². The third-order valence-corrected chi connectivity index (χ3v) is 6.81. The van der Waals surface area contributed by atoms with Crippen molar-refractivity contribution in [3.63, 3.8) is 0 Å². The fraction of sp³-hybridized carbons (Fsp3) is 0.409. The molecule has 7 nitrogen and oxygen atoms in total. The van der Waals surface area contributed by atoms with Crippen molar-refractivity contribution in [3.8, 4) is 5.75 Å². The number of amides is 1. The van der Waals surface area contributed by atoms with E-state index in [4.69, 9.17) is 9.47 Å². The van der Waals surface area contributed by atoms with Crippen LogP contribution >= 0.6 is 0 Å². The summed E-state index contributed by atoms with van der Waals surface area (Å²) < 4.78 is 38.1. The second kappa shape index (κ2) is 9.06. The fourth-order valence-electron chi connectivity index (χ4n) is 3.38. The van der Waals surface area contributed by atoms with Gasteiger partial charge in [0.05, 0.1) is 22.8 Å². The van der Waals surface area contributed by atoms with Crippen molar-refractivity contribution >= 4 is 21.6 Å². The van der Waals surface area contributed by atoms with E-state index in [0.29, 0.717) is 24.5 Å². The molecule has 0 saturated carbocycles. The van der Waals surface area contributed by atoms with Crippen LogP contribution in [0.15, 0.2) is 53.4 Å². The molecular weight excluding hydrogens is 404 g/mol. The summed E-state index contributed by atoms with van der Waals surface area (Å²) in [5.74, 6) is 0.405. The van der Waals surface area contributed by atoms with Crippen LogP contribution in [0.25, 0.3) is 0 Å². The first-order valence-electron chi connectivity index (χ1n) is 9.88. The number of aryl methyl sites for hydroxylation is 1. The molecule has 2 aromatic rings. The molecule has 1 aliphatic rings. The maximum Gasteiger partial charge on any atom is 0.264 e. The summed E-state index contributed by atoms with van der Waals surface area (Å²) in [5, 5.41) is 0. The van der Waals surface area contributed by atoms with Crippen LogP contribution in [0.5, 0.6) is 5.75 Å². The zero-order valence-electron chi connectivity index (χ0n) is 17.7. The quantitative estimate of drug-likeness (QED) is 0.702. The normalized spacial score (nSPS) is 19.4. The first-order chi connectivity index (χ1) is 14.2. The monoisotopic (exact) mass is 432 g/mol. The summed E-state index contributed by atoms with van der Waals surface area (Å²) >= 11 is 0. The summed E-state index contributed by atoms with van der Waals surface area (Å²) in [6.07, 6.45) is 0.00555. The number of hydrogen-bond donors (Lipinski definition) is 0. The third kappa shape index (κ3) is 5.12. The van der Waals surface area contributed by atoms with Crippen LogP contribution in [0.2, 0.25) is 0 Å². The molecule has 0 radical (unpaired) electrons. The Bertz CT molecular complexity index is 964. The van der Waals surface area contributed by atoms with E-state index in [0.717, 1.165) is 5.56 Å². The van der Waals surface area contributed by atoms with Crippen molar-refractivity contribution in [3.05, 3.63) is 54.1 Å². The minimum atomic E-state index is -3.65. The van der Waals surface area contributed by atoms with Crippen LogP contribution in [0.1, 0.15) is 19.4 Å². The van der Waals surface area contributed by atoms with Crippen LogP contribution in [0, 0.1) is 6.92 Å². The van der Waals surface area contributed by atoms with Crippen molar-refractivity contribution in [1.82, 2.24) is 4.90 Å². The van der Waals surface area contributed by atoms with Crippen LogP contribution in [-0.4, -0.2) is 58.2 Å². The van der Waals surface area contributed by atoms with Gasteiger partial charge in [0.25, 0.3) is 15.9 Å². The van der Waals surface area contributed by atoms with Crippen molar-refractivity contribution in [2.24, 2.45) is 0 Å². The maximum absolute atomic E-state index is 12.8. The Balaban J connectivity index is 1.62. The van der Waals surface area contributed by atoms with Gasteiger partial charge in [-0.05, 0) is 57.2 Å². The molecule has 0 aliphatic carbocycles. The SMILES string of the molecule is Cc1ccc(S(=O)(=O)N(C)c2ccc(OCC(=O)N3CC(C)OC(C)C3)cc2)cc1. The van der Waals surface area contributed by atoms with E-state index in [1.807, 2.05) is 20.8 Å². The number of sulfonamides is 1. The lowest BCUT2D eigenvalue weighted by Gasteiger charge is -2.35. The standard InChI is InChI=1S/C22H28N2O5S/c1-16-5-11-21(12-6-16)30(26,27)23(4)19-7-9-20(10-8-19)28-15-22(25)24-13-17(2)29-18(3)14-24/h5-12,17-18H,13-15H2,1-4H3. The number of carbonyl (C=O) groups excluding carboxylic acids is 1. The fourth-order valence-corrected chi connectivity index (χ4v) is 4.57. The number of carbonyl (C=O) groups is 1. The number of rotatable bonds is 6. The van der Waals surface area contributed by atoms with Gasteiger partial charge in [0, 0.05) is 20.1 Å². The molecule has 0 bridgehead atoms. The van der Waals surface area contributed by atoms with E-state index in [-0.39, 0.29) is 29.6 Å². The molecule has 1 heterocycles. The third-order valence-electron chi connectivity index (χ3n) is 5.01. The molecule has 2 atom stereocenters. The highest BCUT2D eigenvalue weighted by molar-refractivity contribution is 7.92.